The van der Waals surface area contributed by atoms with E-state index in [1.54, 1.807) is 12.4 Å². The lowest BCUT2D eigenvalue weighted by Crippen LogP contribution is -2.23. The zero-order chi connectivity index (χ0) is 11.3. The fourth-order valence-electron chi connectivity index (χ4n) is 1.13. The summed E-state index contributed by atoms with van der Waals surface area (Å²) in [6, 6.07) is 0.355. The van der Waals surface area contributed by atoms with Crippen molar-refractivity contribution >= 4 is 17.5 Å². The minimum absolute atomic E-state index is 0.355. The zero-order valence-electron chi connectivity index (χ0n) is 9.37. The standard InChI is InChI=1S/C10H17ClN4/c1-8(4-5-15(2)3)14-10-12-6-9(11)7-13-10/h6-8H,4-5H2,1-3H3,(H,12,13,14). The quantitative estimate of drug-likeness (QED) is 0.836. The van der Waals surface area contributed by atoms with Gasteiger partial charge in [0.15, 0.2) is 0 Å². The Hall–Kier alpha value is -0.870. The molecule has 1 heterocycles. The number of aromatic nitrogens is 2. The van der Waals surface area contributed by atoms with Crippen molar-refractivity contribution in [1.82, 2.24) is 14.9 Å². The summed E-state index contributed by atoms with van der Waals surface area (Å²) in [5.41, 5.74) is 0. The summed E-state index contributed by atoms with van der Waals surface area (Å²) in [6.45, 7) is 3.16. The minimum Gasteiger partial charge on any atom is -0.352 e. The van der Waals surface area contributed by atoms with Gasteiger partial charge in [0, 0.05) is 6.04 Å². The van der Waals surface area contributed by atoms with E-state index >= 15 is 0 Å². The molecule has 0 aromatic carbocycles. The number of anilines is 1. The molecule has 1 aromatic rings. The SMILES string of the molecule is CC(CCN(C)C)Nc1ncc(Cl)cn1. The molecular formula is C10H17ClN4. The van der Waals surface area contributed by atoms with Gasteiger partial charge in [-0.3, -0.25) is 0 Å². The summed E-state index contributed by atoms with van der Waals surface area (Å²) in [5.74, 6) is 0.630. The number of hydrogen-bond donors (Lipinski definition) is 1. The predicted octanol–water partition coefficient (Wildman–Crippen LogP) is 1.88. The van der Waals surface area contributed by atoms with Gasteiger partial charge in [-0.15, -0.1) is 0 Å². The van der Waals surface area contributed by atoms with Crippen LogP contribution in [0.25, 0.3) is 0 Å². The van der Waals surface area contributed by atoms with E-state index in [1.165, 1.54) is 0 Å². The lowest BCUT2D eigenvalue weighted by Gasteiger charge is -2.16. The Labute approximate surface area is 95.7 Å². The van der Waals surface area contributed by atoms with Gasteiger partial charge in [0.25, 0.3) is 0 Å². The molecule has 84 valence electrons. The van der Waals surface area contributed by atoms with Crippen molar-refractivity contribution in [3.05, 3.63) is 17.4 Å². The maximum absolute atomic E-state index is 5.69. The number of nitrogens with one attached hydrogen (secondary N) is 1. The Morgan fingerprint density at radius 2 is 2.00 bits per heavy atom. The van der Waals surface area contributed by atoms with Crippen molar-refractivity contribution in [1.29, 1.82) is 0 Å². The highest BCUT2D eigenvalue weighted by Crippen LogP contribution is 2.07. The van der Waals surface area contributed by atoms with E-state index in [-0.39, 0.29) is 0 Å². The molecule has 0 aliphatic carbocycles. The largest absolute Gasteiger partial charge is 0.352 e. The van der Waals surface area contributed by atoms with Crippen molar-refractivity contribution in [3.8, 4) is 0 Å². The Kier molecular flexibility index (Phi) is 4.78. The highest BCUT2D eigenvalue weighted by molar-refractivity contribution is 6.30. The first-order valence-electron chi connectivity index (χ1n) is 4.96. The van der Waals surface area contributed by atoms with Crippen LogP contribution < -0.4 is 5.32 Å². The van der Waals surface area contributed by atoms with Gasteiger partial charge >= 0.3 is 0 Å². The monoisotopic (exact) mass is 228 g/mol. The van der Waals surface area contributed by atoms with Crippen LogP contribution in [0.3, 0.4) is 0 Å². The lowest BCUT2D eigenvalue weighted by molar-refractivity contribution is 0.390. The fraction of sp³-hybridized carbons (Fsp3) is 0.600. The number of hydrogen-bond acceptors (Lipinski definition) is 4. The Balaban J connectivity index is 2.37. The van der Waals surface area contributed by atoms with Gasteiger partial charge in [-0.1, -0.05) is 11.6 Å². The molecule has 0 aliphatic heterocycles. The third-order valence-electron chi connectivity index (χ3n) is 2.01. The molecule has 0 aliphatic rings. The molecule has 1 rings (SSSR count). The Morgan fingerprint density at radius 1 is 1.40 bits per heavy atom. The average molecular weight is 229 g/mol. The second-order valence-corrected chi connectivity index (χ2v) is 4.30. The van der Waals surface area contributed by atoms with Gasteiger partial charge in [0.1, 0.15) is 0 Å². The summed E-state index contributed by atoms with van der Waals surface area (Å²) in [4.78, 5) is 10.3. The van der Waals surface area contributed by atoms with Crippen molar-refractivity contribution in [3.63, 3.8) is 0 Å². The molecule has 0 bridgehead atoms. The van der Waals surface area contributed by atoms with Gasteiger partial charge < -0.3 is 10.2 Å². The van der Waals surface area contributed by atoms with Crippen LogP contribution in [0.5, 0.6) is 0 Å². The third-order valence-corrected chi connectivity index (χ3v) is 2.20. The molecule has 1 N–H and O–H groups in total. The average Bonchev–Trinajstić information content (AvgIpc) is 2.19. The molecule has 15 heavy (non-hydrogen) atoms. The van der Waals surface area contributed by atoms with Crippen LogP contribution in [0.4, 0.5) is 5.95 Å². The van der Waals surface area contributed by atoms with E-state index in [4.69, 9.17) is 11.6 Å². The maximum Gasteiger partial charge on any atom is 0.222 e. The first-order chi connectivity index (χ1) is 7.08. The smallest absolute Gasteiger partial charge is 0.222 e. The van der Waals surface area contributed by atoms with Gasteiger partial charge in [-0.25, -0.2) is 9.97 Å². The summed E-state index contributed by atoms with van der Waals surface area (Å²) >= 11 is 5.69. The van der Waals surface area contributed by atoms with Crippen molar-refractivity contribution in [2.75, 3.05) is 26.0 Å². The highest BCUT2D eigenvalue weighted by atomic mass is 35.5. The molecule has 0 saturated heterocycles. The second-order valence-electron chi connectivity index (χ2n) is 3.86. The van der Waals surface area contributed by atoms with Crippen LogP contribution in [0.2, 0.25) is 5.02 Å². The van der Waals surface area contributed by atoms with Crippen molar-refractivity contribution in [2.45, 2.75) is 19.4 Å². The first kappa shape index (κ1) is 12.2. The molecule has 0 radical (unpaired) electrons. The van der Waals surface area contributed by atoms with E-state index in [2.05, 4.69) is 41.2 Å². The van der Waals surface area contributed by atoms with Crippen LogP contribution in [0.1, 0.15) is 13.3 Å². The second kappa shape index (κ2) is 5.88. The molecule has 1 aromatic heterocycles. The van der Waals surface area contributed by atoms with Gasteiger partial charge in [0.2, 0.25) is 5.95 Å². The van der Waals surface area contributed by atoms with Crippen molar-refractivity contribution < 1.29 is 0 Å². The van der Waals surface area contributed by atoms with Crippen LogP contribution in [-0.4, -0.2) is 41.5 Å². The van der Waals surface area contributed by atoms with E-state index in [9.17, 15) is 0 Å². The maximum atomic E-state index is 5.69. The first-order valence-corrected chi connectivity index (χ1v) is 5.34. The lowest BCUT2D eigenvalue weighted by atomic mass is 10.2. The van der Waals surface area contributed by atoms with Gasteiger partial charge in [0.05, 0.1) is 17.4 Å². The summed E-state index contributed by atoms with van der Waals surface area (Å²) < 4.78 is 0. The fourth-order valence-corrected chi connectivity index (χ4v) is 1.23. The van der Waals surface area contributed by atoms with Gasteiger partial charge in [-0.05, 0) is 34.0 Å². The zero-order valence-corrected chi connectivity index (χ0v) is 10.1. The van der Waals surface area contributed by atoms with E-state index < -0.39 is 0 Å². The minimum atomic E-state index is 0.355. The molecule has 1 unspecified atom stereocenters. The van der Waals surface area contributed by atoms with Crippen LogP contribution in [0.15, 0.2) is 12.4 Å². The van der Waals surface area contributed by atoms with E-state index in [0.717, 1.165) is 13.0 Å². The number of nitrogens with zero attached hydrogens (tertiary/aromatic N) is 3. The topological polar surface area (TPSA) is 41.0 Å². The summed E-state index contributed by atoms with van der Waals surface area (Å²) in [5, 5.41) is 3.77. The molecule has 0 fully saturated rings. The molecule has 1 atom stereocenters. The normalized spacial score (nSPS) is 12.9. The summed E-state index contributed by atoms with van der Waals surface area (Å²) in [7, 11) is 4.12. The highest BCUT2D eigenvalue weighted by Gasteiger charge is 2.04. The number of halogens is 1. The van der Waals surface area contributed by atoms with Crippen LogP contribution in [0, 0.1) is 0 Å². The van der Waals surface area contributed by atoms with E-state index in [0.29, 0.717) is 17.0 Å². The predicted molar refractivity (Wildman–Crippen MR) is 63.3 cm³/mol. The molecule has 0 amide bonds. The summed E-state index contributed by atoms with van der Waals surface area (Å²) in [6.07, 6.45) is 4.24. The molecular weight excluding hydrogens is 212 g/mol. The van der Waals surface area contributed by atoms with Crippen LogP contribution >= 0.6 is 11.6 Å². The number of rotatable bonds is 5. The molecule has 4 nitrogen and oxygen atoms in total. The van der Waals surface area contributed by atoms with Crippen LogP contribution in [-0.2, 0) is 0 Å². The Morgan fingerprint density at radius 3 is 2.53 bits per heavy atom. The molecule has 0 saturated carbocycles. The molecule has 0 spiro atoms. The van der Waals surface area contributed by atoms with Crippen molar-refractivity contribution in [2.24, 2.45) is 0 Å². The van der Waals surface area contributed by atoms with E-state index in [1.807, 2.05) is 0 Å². The third kappa shape index (κ3) is 4.95. The molecule has 5 heteroatoms. The Bertz CT molecular complexity index is 286. The van der Waals surface area contributed by atoms with Gasteiger partial charge in [-0.2, -0.15) is 0 Å².